The van der Waals surface area contributed by atoms with Crippen LogP contribution in [0.5, 0.6) is 0 Å². The van der Waals surface area contributed by atoms with Crippen molar-refractivity contribution in [1.82, 2.24) is 14.7 Å². The zero-order valence-corrected chi connectivity index (χ0v) is 17.0. The molecule has 7 nitrogen and oxygen atoms in total. The van der Waals surface area contributed by atoms with E-state index in [-0.39, 0.29) is 29.1 Å². The molecule has 0 bridgehead atoms. The van der Waals surface area contributed by atoms with Crippen molar-refractivity contribution in [3.63, 3.8) is 0 Å². The number of carbonyl (C=O) groups is 2. The lowest BCUT2D eigenvalue weighted by Gasteiger charge is -2.31. The summed E-state index contributed by atoms with van der Waals surface area (Å²) < 4.78 is 15.3. The van der Waals surface area contributed by atoms with Crippen LogP contribution in [-0.4, -0.2) is 39.6 Å². The van der Waals surface area contributed by atoms with Gasteiger partial charge in [0.2, 0.25) is 5.91 Å². The van der Waals surface area contributed by atoms with E-state index < -0.39 is 5.82 Å². The molecule has 2 aromatic carbocycles. The van der Waals surface area contributed by atoms with Crippen molar-refractivity contribution in [2.24, 2.45) is 11.7 Å². The third-order valence-corrected chi connectivity index (χ3v) is 5.45. The van der Waals surface area contributed by atoms with Crippen LogP contribution in [0.15, 0.2) is 60.8 Å². The number of halogens is 1. The van der Waals surface area contributed by atoms with Gasteiger partial charge in [-0.15, -0.1) is 0 Å². The first-order chi connectivity index (χ1) is 15.0. The Labute approximate surface area is 179 Å². The Morgan fingerprint density at radius 2 is 1.90 bits per heavy atom. The minimum Gasteiger partial charge on any atom is -0.369 e. The van der Waals surface area contributed by atoms with Gasteiger partial charge in [-0.3, -0.25) is 14.5 Å². The van der Waals surface area contributed by atoms with Gasteiger partial charge in [0.25, 0.3) is 5.91 Å². The highest BCUT2D eigenvalue weighted by molar-refractivity contribution is 6.02. The molecule has 1 aliphatic rings. The van der Waals surface area contributed by atoms with Crippen LogP contribution in [0.3, 0.4) is 0 Å². The van der Waals surface area contributed by atoms with Gasteiger partial charge in [-0.2, -0.15) is 5.10 Å². The smallest absolute Gasteiger partial charge is 0.276 e. The summed E-state index contributed by atoms with van der Waals surface area (Å²) >= 11 is 0. The molecule has 1 aliphatic heterocycles. The van der Waals surface area contributed by atoms with E-state index in [1.54, 1.807) is 30.5 Å². The molecule has 2 heterocycles. The Hall–Kier alpha value is -3.52. The lowest BCUT2D eigenvalue weighted by molar-refractivity contribution is -0.123. The number of aromatic nitrogens is 2. The second-order valence-corrected chi connectivity index (χ2v) is 7.72. The normalized spacial score (nSPS) is 16.7. The number of rotatable bonds is 6. The van der Waals surface area contributed by atoms with Gasteiger partial charge in [0.05, 0.1) is 5.92 Å². The number of benzene rings is 2. The van der Waals surface area contributed by atoms with Gasteiger partial charge in [-0.25, -0.2) is 9.07 Å². The van der Waals surface area contributed by atoms with Crippen molar-refractivity contribution in [2.75, 3.05) is 18.4 Å². The van der Waals surface area contributed by atoms with E-state index >= 15 is 0 Å². The average Bonchev–Trinajstić information content (AvgIpc) is 3.26. The van der Waals surface area contributed by atoms with Crippen molar-refractivity contribution in [3.8, 4) is 5.69 Å². The topological polar surface area (TPSA) is 93.3 Å². The van der Waals surface area contributed by atoms with Gasteiger partial charge in [0, 0.05) is 25.0 Å². The number of nitrogens with zero attached hydrogens (tertiary/aromatic N) is 3. The summed E-state index contributed by atoms with van der Waals surface area (Å²) in [6.45, 7) is 2.34. The van der Waals surface area contributed by atoms with Gasteiger partial charge < -0.3 is 11.1 Å². The van der Waals surface area contributed by atoms with Crippen molar-refractivity contribution in [2.45, 2.75) is 19.4 Å². The Kier molecular flexibility index (Phi) is 6.08. The predicted molar refractivity (Wildman–Crippen MR) is 115 cm³/mol. The molecule has 31 heavy (non-hydrogen) atoms. The number of hydrogen-bond donors (Lipinski definition) is 2. The Bertz CT molecular complexity index is 1080. The summed E-state index contributed by atoms with van der Waals surface area (Å²) in [5.41, 5.74) is 7.65. The first-order valence-corrected chi connectivity index (χ1v) is 10.2. The number of hydrogen-bond acceptors (Lipinski definition) is 4. The number of primary amides is 1. The Morgan fingerprint density at radius 1 is 1.13 bits per heavy atom. The molecule has 160 valence electrons. The minimum absolute atomic E-state index is 0.0866. The molecule has 0 spiro atoms. The number of amides is 2. The molecule has 0 saturated carbocycles. The number of para-hydroxylation sites is 1. The van der Waals surface area contributed by atoms with Gasteiger partial charge >= 0.3 is 0 Å². The molecule has 4 rings (SSSR count). The molecular formula is C23H24FN5O2. The van der Waals surface area contributed by atoms with E-state index in [9.17, 15) is 14.0 Å². The highest BCUT2D eigenvalue weighted by Crippen LogP contribution is 2.19. The molecule has 3 aromatic rings. The van der Waals surface area contributed by atoms with Crippen LogP contribution < -0.4 is 11.1 Å². The SMILES string of the molecule is NC(=O)C1CCCN(Cc2ccc(NC(=O)c3ccn(-c4ccccc4F)n3)cc2)C1. The van der Waals surface area contributed by atoms with Crippen LogP contribution in [0.1, 0.15) is 28.9 Å². The number of piperidine rings is 1. The molecule has 1 unspecified atom stereocenters. The quantitative estimate of drug-likeness (QED) is 0.640. The number of nitrogens with two attached hydrogens (primary N) is 1. The van der Waals surface area contributed by atoms with Crippen molar-refractivity contribution in [3.05, 3.63) is 77.9 Å². The number of likely N-dealkylation sites (tertiary alicyclic amines) is 1. The van der Waals surface area contributed by atoms with E-state index in [1.165, 1.54) is 10.7 Å². The summed E-state index contributed by atoms with van der Waals surface area (Å²) in [4.78, 5) is 26.2. The molecule has 1 atom stereocenters. The standard InChI is InChI=1S/C23H24FN5O2/c24-19-5-1-2-6-21(19)29-13-11-20(27-29)23(31)26-18-9-7-16(8-10-18)14-28-12-3-4-17(15-28)22(25)30/h1-2,5-11,13,17H,3-4,12,14-15H2,(H2,25,30)(H,26,31). The molecule has 0 aliphatic carbocycles. The monoisotopic (exact) mass is 421 g/mol. The van der Waals surface area contributed by atoms with E-state index in [4.69, 9.17) is 5.73 Å². The fourth-order valence-electron chi connectivity index (χ4n) is 3.79. The lowest BCUT2D eigenvalue weighted by Crippen LogP contribution is -2.40. The predicted octanol–water partition coefficient (Wildman–Crippen LogP) is 2.96. The van der Waals surface area contributed by atoms with E-state index in [2.05, 4.69) is 15.3 Å². The van der Waals surface area contributed by atoms with Crippen LogP contribution in [-0.2, 0) is 11.3 Å². The first kappa shape index (κ1) is 20.7. The van der Waals surface area contributed by atoms with Crippen LogP contribution in [0.4, 0.5) is 10.1 Å². The number of anilines is 1. The van der Waals surface area contributed by atoms with Crippen LogP contribution in [0, 0.1) is 11.7 Å². The zero-order chi connectivity index (χ0) is 21.8. The molecule has 8 heteroatoms. The minimum atomic E-state index is -0.413. The first-order valence-electron chi connectivity index (χ1n) is 10.2. The fraction of sp³-hybridized carbons (Fsp3) is 0.261. The maximum atomic E-state index is 13.9. The Morgan fingerprint density at radius 3 is 2.65 bits per heavy atom. The van der Waals surface area contributed by atoms with Gasteiger partial charge in [-0.1, -0.05) is 24.3 Å². The molecule has 2 amide bonds. The fourth-order valence-corrected chi connectivity index (χ4v) is 3.79. The van der Waals surface area contributed by atoms with Crippen molar-refractivity contribution >= 4 is 17.5 Å². The third kappa shape index (κ3) is 4.97. The summed E-state index contributed by atoms with van der Waals surface area (Å²) in [7, 11) is 0. The summed E-state index contributed by atoms with van der Waals surface area (Å²) in [6, 6.07) is 15.3. The third-order valence-electron chi connectivity index (χ3n) is 5.45. The maximum Gasteiger partial charge on any atom is 0.276 e. The molecular weight excluding hydrogens is 397 g/mol. The molecule has 1 aromatic heterocycles. The second-order valence-electron chi connectivity index (χ2n) is 7.72. The van der Waals surface area contributed by atoms with Crippen LogP contribution in [0.25, 0.3) is 5.69 Å². The summed E-state index contributed by atoms with van der Waals surface area (Å²) in [5, 5.41) is 6.98. The van der Waals surface area contributed by atoms with Crippen LogP contribution >= 0.6 is 0 Å². The molecule has 3 N–H and O–H groups in total. The number of carbonyl (C=O) groups excluding carboxylic acids is 2. The van der Waals surface area contributed by atoms with E-state index in [0.29, 0.717) is 12.2 Å². The molecule has 1 fully saturated rings. The highest BCUT2D eigenvalue weighted by Gasteiger charge is 2.23. The van der Waals surface area contributed by atoms with E-state index in [1.807, 2.05) is 24.3 Å². The van der Waals surface area contributed by atoms with Crippen molar-refractivity contribution in [1.29, 1.82) is 0 Å². The lowest BCUT2D eigenvalue weighted by atomic mass is 9.97. The summed E-state index contributed by atoms with van der Waals surface area (Å²) in [6.07, 6.45) is 3.36. The van der Waals surface area contributed by atoms with Crippen LogP contribution in [0.2, 0.25) is 0 Å². The van der Waals surface area contributed by atoms with Crippen molar-refractivity contribution < 1.29 is 14.0 Å². The van der Waals surface area contributed by atoms with Gasteiger partial charge in [0.1, 0.15) is 11.5 Å². The average molecular weight is 421 g/mol. The van der Waals surface area contributed by atoms with Gasteiger partial charge in [-0.05, 0) is 55.3 Å². The summed E-state index contributed by atoms with van der Waals surface area (Å²) in [5.74, 6) is -1.11. The highest BCUT2D eigenvalue weighted by atomic mass is 19.1. The van der Waals surface area contributed by atoms with Gasteiger partial charge in [0.15, 0.2) is 5.69 Å². The number of nitrogens with one attached hydrogen (secondary N) is 1. The zero-order valence-electron chi connectivity index (χ0n) is 17.0. The Balaban J connectivity index is 1.36. The largest absolute Gasteiger partial charge is 0.369 e. The molecule has 0 radical (unpaired) electrons. The second kappa shape index (κ2) is 9.09. The van der Waals surface area contributed by atoms with E-state index in [0.717, 1.165) is 31.5 Å². The maximum absolute atomic E-state index is 13.9. The molecule has 1 saturated heterocycles.